The van der Waals surface area contributed by atoms with E-state index in [4.69, 9.17) is 9.47 Å². The fourth-order valence-corrected chi connectivity index (χ4v) is 2.69. The van der Waals surface area contributed by atoms with Crippen molar-refractivity contribution in [2.75, 3.05) is 6.61 Å². The molecule has 1 atom stereocenters. The molecule has 3 heteroatoms. The Kier molecular flexibility index (Phi) is 3.60. The van der Waals surface area contributed by atoms with E-state index in [0.29, 0.717) is 6.61 Å². The lowest BCUT2D eigenvalue weighted by Gasteiger charge is -2.24. The largest absolute Gasteiger partial charge is 0.489 e. The maximum atomic E-state index is 9.44. The molecule has 1 heterocycles. The molecule has 1 aliphatic rings. The van der Waals surface area contributed by atoms with Gasteiger partial charge in [0.2, 0.25) is 0 Å². The highest BCUT2D eigenvalue weighted by molar-refractivity contribution is 5.48. The van der Waals surface area contributed by atoms with Crippen LogP contribution in [0.15, 0.2) is 48.5 Å². The molecule has 3 nitrogen and oxygen atoms in total. The minimum atomic E-state index is -0.212. The van der Waals surface area contributed by atoms with E-state index in [1.165, 1.54) is 0 Å². The topological polar surface area (TPSA) is 38.7 Å². The molecular formula is C18H20O3. The predicted octanol–water partition coefficient (Wildman–Crippen LogP) is 3.30. The molecule has 0 saturated carbocycles. The number of aliphatic hydroxyl groups excluding tert-OH is 1. The molecule has 0 bridgehead atoms. The van der Waals surface area contributed by atoms with E-state index in [2.05, 4.69) is 13.8 Å². The zero-order valence-electron chi connectivity index (χ0n) is 12.4. The molecule has 1 N–H and O–H groups in total. The molecule has 0 saturated heterocycles. The van der Waals surface area contributed by atoms with Crippen molar-refractivity contribution in [3.05, 3.63) is 59.7 Å². The summed E-state index contributed by atoms with van der Waals surface area (Å²) >= 11 is 0. The molecule has 21 heavy (non-hydrogen) atoms. The van der Waals surface area contributed by atoms with Crippen molar-refractivity contribution in [1.82, 2.24) is 0 Å². The van der Waals surface area contributed by atoms with E-state index in [1.807, 2.05) is 48.5 Å². The first-order chi connectivity index (χ1) is 10.1. The lowest BCUT2D eigenvalue weighted by atomic mass is 9.81. The van der Waals surface area contributed by atoms with Crippen LogP contribution in [0.25, 0.3) is 0 Å². The van der Waals surface area contributed by atoms with Gasteiger partial charge in [0.15, 0.2) is 0 Å². The highest BCUT2D eigenvalue weighted by Crippen LogP contribution is 2.44. The molecule has 2 aromatic carbocycles. The van der Waals surface area contributed by atoms with Crippen molar-refractivity contribution in [2.45, 2.75) is 32.0 Å². The fourth-order valence-electron chi connectivity index (χ4n) is 2.69. The molecule has 0 fully saturated rings. The number of hydrogen-bond donors (Lipinski definition) is 1. The molecule has 110 valence electrons. The summed E-state index contributed by atoms with van der Waals surface area (Å²) in [6, 6.07) is 15.9. The van der Waals surface area contributed by atoms with Gasteiger partial charge in [0.1, 0.15) is 24.2 Å². The fraction of sp³-hybridized carbons (Fsp3) is 0.333. The van der Waals surface area contributed by atoms with Crippen LogP contribution in [0, 0.1) is 0 Å². The normalized spacial score (nSPS) is 18.9. The van der Waals surface area contributed by atoms with Crippen molar-refractivity contribution in [3.8, 4) is 11.5 Å². The SMILES string of the molecule is CC1(C)c2cc(OCc3ccccc3)ccc2O[C@@H]1CO. The van der Waals surface area contributed by atoms with Gasteiger partial charge >= 0.3 is 0 Å². The van der Waals surface area contributed by atoms with Crippen LogP contribution in [-0.4, -0.2) is 17.8 Å². The van der Waals surface area contributed by atoms with Gasteiger partial charge in [0, 0.05) is 11.0 Å². The van der Waals surface area contributed by atoms with Crippen LogP contribution in [-0.2, 0) is 12.0 Å². The van der Waals surface area contributed by atoms with E-state index in [0.717, 1.165) is 22.6 Å². The zero-order valence-corrected chi connectivity index (χ0v) is 12.4. The van der Waals surface area contributed by atoms with Crippen LogP contribution in [0.1, 0.15) is 25.0 Å². The highest BCUT2D eigenvalue weighted by Gasteiger charge is 2.41. The number of benzene rings is 2. The van der Waals surface area contributed by atoms with Crippen molar-refractivity contribution in [2.24, 2.45) is 0 Å². The van der Waals surface area contributed by atoms with Gasteiger partial charge in [-0.25, -0.2) is 0 Å². The summed E-state index contributed by atoms with van der Waals surface area (Å²) in [4.78, 5) is 0. The molecule has 2 aromatic rings. The zero-order chi connectivity index (χ0) is 14.9. The first-order valence-electron chi connectivity index (χ1n) is 7.20. The van der Waals surface area contributed by atoms with Crippen LogP contribution < -0.4 is 9.47 Å². The minimum absolute atomic E-state index is 0.0158. The summed E-state index contributed by atoms with van der Waals surface area (Å²) in [7, 11) is 0. The first-order valence-corrected chi connectivity index (χ1v) is 7.20. The van der Waals surface area contributed by atoms with Gasteiger partial charge in [-0.15, -0.1) is 0 Å². The summed E-state index contributed by atoms with van der Waals surface area (Å²) in [5.41, 5.74) is 2.02. The van der Waals surface area contributed by atoms with Crippen LogP contribution in [0.3, 0.4) is 0 Å². The number of aliphatic hydroxyl groups is 1. The summed E-state index contributed by atoms with van der Waals surface area (Å²) < 4.78 is 11.6. The molecule has 1 aliphatic heterocycles. The third-order valence-corrected chi connectivity index (χ3v) is 4.13. The average molecular weight is 284 g/mol. The lowest BCUT2D eigenvalue weighted by Crippen LogP contribution is -2.35. The monoisotopic (exact) mass is 284 g/mol. The van der Waals surface area contributed by atoms with Gasteiger partial charge in [-0.2, -0.15) is 0 Å². The third-order valence-electron chi connectivity index (χ3n) is 4.13. The molecule has 3 rings (SSSR count). The van der Waals surface area contributed by atoms with Crippen molar-refractivity contribution >= 4 is 0 Å². The molecule has 0 amide bonds. The second kappa shape index (κ2) is 5.41. The molecular weight excluding hydrogens is 264 g/mol. The lowest BCUT2D eigenvalue weighted by molar-refractivity contribution is 0.0888. The van der Waals surface area contributed by atoms with Gasteiger partial charge in [-0.05, 0) is 23.8 Å². The number of ether oxygens (including phenoxy) is 2. The quantitative estimate of drug-likeness (QED) is 0.936. The Morgan fingerprint density at radius 1 is 1.14 bits per heavy atom. The molecule has 0 aromatic heterocycles. The van der Waals surface area contributed by atoms with Crippen LogP contribution in [0.5, 0.6) is 11.5 Å². The van der Waals surface area contributed by atoms with E-state index >= 15 is 0 Å². The Bertz CT molecular complexity index is 620. The predicted molar refractivity (Wildman–Crippen MR) is 81.7 cm³/mol. The van der Waals surface area contributed by atoms with Gasteiger partial charge in [-0.3, -0.25) is 0 Å². The highest BCUT2D eigenvalue weighted by atomic mass is 16.5. The standard InChI is InChI=1S/C18H20O3/c1-18(2)15-10-14(8-9-16(15)21-17(18)11-19)20-12-13-6-4-3-5-7-13/h3-10,17,19H,11-12H2,1-2H3/t17-/m1/s1. The van der Waals surface area contributed by atoms with Gasteiger partial charge in [0.25, 0.3) is 0 Å². The van der Waals surface area contributed by atoms with Crippen molar-refractivity contribution in [3.63, 3.8) is 0 Å². The van der Waals surface area contributed by atoms with Crippen LogP contribution in [0.4, 0.5) is 0 Å². The maximum absolute atomic E-state index is 9.44. The van der Waals surface area contributed by atoms with Crippen LogP contribution in [0.2, 0.25) is 0 Å². The van der Waals surface area contributed by atoms with E-state index in [1.54, 1.807) is 0 Å². The average Bonchev–Trinajstić information content (AvgIpc) is 2.77. The second-order valence-corrected chi connectivity index (χ2v) is 5.94. The molecule has 0 unspecified atom stereocenters. The van der Waals surface area contributed by atoms with Crippen molar-refractivity contribution in [1.29, 1.82) is 0 Å². The summed E-state index contributed by atoms with van der Waals surface area (Å²) in [6.45, 7) is 4.73. The number of rotatable bonds is 4. The Morgan fingerprint density at radius 3 is 2.62 bits per heavy atom. The minimum Gasteiger partial charge on any atom is -0.489 e. The summed E-state index contributed by atoms with van der Waals surface area (Å²) in [5.74, 6) is 1.67. The van der Waals surface area contributed by atoms with Gasteiger partial charge < -0.3 is 14.6 Å². The third kappa shape index (κ3) is 2.61. The van der Waals surface area contributed by atoms with Gasteiger partial charge in [-0.1, -0.05) is 44.2 Å². The smallest absolute Gasteiger partial charge is 0.131 e. The van der Waals surface area contributed by atoms with Crippen LogP contribution >= 0.6 is 0 Å². The van der Waals surface area contributed by atoms with E-state index in [9.17, 15) is 5.11 Å². The van der Waals surface area contributed by atoms with E-state index < -0.39 is 0 Å². The van der Waals surface area contributed by atoms with Gasteiger partial charge in [0.05, 0.1) is 6.61 Å². The number of hydrogen-bond acceptors (Lipinski definition) is 3. The molecule has 0 spiro atoms. The summed E-state index contributed by atoms with van der Waals surface area (Å²) in [5, 5.41) is 9.44. The Labute approximate surface area is 125 Å². The summed E-state index contributed by atoms with van der Waals surface area (Å²) in [6.07, 6.45) is -0.197. The maximum Gasteiger partial charge on any atom is 0.131 e. The number of fused-ring (bicyclic) bond motifs is 1. The second-order valence-electron chi connectivity index (χ2n) is 5.94. The Morgan fingerprint density at radius 2 is 1.90 bits per heavy atom. The van der Waals surface area contributed by atoms with Crippen molar-refractivity contribution < 1.29 is 14.6 Å². The Balaban J connectivity index is 1.78. The van der Waals surface area contributed by atoms with E-state index in [-0.39, 0.29) is 18.1 Å². The Hall–Kier alpha value is -2.00. The first kappa shape index (κ1) is 14.0. The molecule has 0 aliphatic carbocycles. The molecule has 0 radical (unpaired) electrons.